The Bertz CT molecular complexity index is 678. The fraction of sp³-hybridized carbons (Fsp3) is 0.941. The quantitative estimate of drug-likeness (QED) is 0.340. The number of allylic oxidation sites excluding steroid dienone is 2. The second-order valence-electron chi connectivity index (χ2n) is 14.7. The van der Waals surface area contributed by atoms with Gasteiger partial charge in [-0.25, -0.2) is 0 Å². The fourth-order valence-corrected chi connectivity index (χ4v) is 9.76. The van der Waals surface area contributed by atoms with Gasteiger partial charge < -0.3 is 0 Å². The Labute approximate surface area is 214 Å². The van der Waals surface area contributed by atoms with E-state index in [0.29, 0.717) is 10.8 Å². The molecule has 0 radical (unpaired) electrons. The van der Waals surface area contributed by atoms with Gasteiger partial charge in [0.2, 0.25) is 0 Å². The molecule has 196 valence electrons. The van der Waals surface area contributed by atoms with Crippen molar-refractivity contribution in [2.24, 2.45) is 58.2 Å². The van der Waals surface area contributed by atoms with Crippen LogP contribution in [-0.2, 0) is 0 Å². The standard InChI is InChI=1S/C30H52.C4H8/c1-8-23(20(2)3)10-9-22(5)26-13-14-27-25-12-11-24-19-21(4)15-17-29(24,6)28(25)16-18-30(26,27)7;1-2-4-3-1/h11,20-23,25-28H,8-10,12-19H2,1-7H3;1-4H2. The van der Waals surface area contributed by atoms with Crippen molar-refractivity contribution in [2.45, 2.75) is 145 Å². The Hall–Kier alpha value is -0.260. The molecule has 0 aromatic heterocycles. The molecule has 0 N–H and O–H groups in total. The molecule has 9 unspecified atom stereocenters. The predicted molar refractivity (Wildman–Crippen MR) is 150 cm³/mol. The molecule has 0 heterocycles. The molecular formula is C34H60. The summed E-state index contributed by atoms with van der Waals surface area (Å²) in [6, 6.07) is 0. The molecule has 4 fully saturated rings. The molecule has 0 spiro atoms. The van der Waals surface area contributed by atoms with Crippen LogP contribution in [0.25, 0.3) is 0 Å². The van der Waals surface area contributed by atoms with Gasteiger partial charge in [0.15, 0.2) is 0 Å². The Morgan fingerprint density at radius 3 is 2.21 bits per heavy atom. The van der Waals surface area contributed by atoms with E-state index in [1.807, 2.05) is 5.57 Å². The smallest absolute Gasteiger partial charge is 0.00851 e. The topological polar surface area (TPSA) is 0 Å². The van der Waals surface area contributed by atoms with Crippen LogP contribution in [0.2, 0.25) is 0 Å². The number of fused-ring (bicyclic) bond motifs is 5. The molecule has 5 aliphatic rings. The molecule has 9 atom stereocenters. The minimum absolute atomic E-state index is 0.548. The lowest BCUT2D eigenvalue weighted by Crippen LogP contribution is -2.50. The van der Waals surface area contributed by atoms with Crippen molar-refractivity contribution in [3.8, 4) is 0 Å². The first-order valence-corrected chi connectivity index (χ1v) is 15.9. The highest BCUT2D eigenvalue weighted by Gasteiger charge is 2.58. The minimum Gasteiger partial charge on any atom is -0.0845 e. The summed E-state index contributed by atoms with van der Waals surface area (Å²) >= 11 is 0. The van der Waals surface area contributed by atoms with E-state index in [0.717, 1.165) is 47.3 Å². The van der Waals surface area contributed by atoms with Crippen molar-refractivity contribution < 1.29 is 0 Å². The summed E-state index contributed by atoms with van der Waals surface area (Å²) in [7, 11) is 0. The van der Waals surface area contributed by atoms with Gasteiger partial charge in [-0.1, -0.05) is 98.6 Å². The van der Waals surface area contributed by atoms with Crippen LogP contribution in [0.3, 0.4) is 0 Å². The summed E-state index contributed by atoms with van der Waals surface area (Å²) < 4.78 is 0. The zero-order valence-electron chi connectivity index (χ0n) is 24.3. The maximum atomic E-state index is 2.76. The van der Waals surface area contributed by atoms with Crippen molar-refractivity contribution in [1.29, 1.82) is 0 Å². The Kier molecular flexibility index (Phi) is 8.67. The van der Waals surface area contributed by atoms with Gasteiger partial charge in [0.1, 0.15) is 0 Å². The summed E-state index contributed by atoms with van der Waals surface area (Å²) in [5.74, 6) is 7.59. The van der Waals surface area contributed by atoms with E-state index < -0.39 is 0 Å². The third kappa shape index (κ3) is 5.09. The van der Waals surface area contributed by atoms with Crippen molar-refractivity contribution in [1.82, 2.24) is 0 Å². The Balaban J connectivity index is 0.000000620. The summed E-state index contributed by atoms with van der Waals surface area (Å²) in [6.07, 6.45) is 24.9. The van der Waals surface area contributed by atoms with Crippen molar-refractivity contribution in [3.05, 3.63) is 11.6 Å². The van der Waals surface area contributed by atoms with Crippen molar-refractivity contribution >= 4 is 0 Å². The van der Waals surface area contributed by atoms with Crippen molar-refractivity contribution in [2.75, 3.05) is 0 Å². The van der Waals surface area contributed by atoms with Crippen LogP contribution in [0.4, 0.5) is 0 Å². The van der Waals surface area contributed by atoms with Crippen LogP contribution < -0.4 is 0 Å². The maximum Gasteiger partial charge on any atom is -0.00851 e. The van der Waals surface area contributed by atoms with Crippen LogP contribution >= 0.6 is 0 Å². The van der Waals surface area contributed by atoms with E-state index >= 15 is 0 Å². The molecule has 5 aliphatic carbocycles. The molecule has 0 aliphatic heterocycles. The van der Waals surface area contributed by atoms with Gasteiger partial charge in [-0.2, -0.15) is 0 Å². The van der Waals surface area contributed by atoms with Crippen LogP contribution in [0, 0.1) is 58.2 Å². The van der Waals surface area contributed by atoms with E-state index in [-0.39, 0.29) is 0 Å². The van der Waals surface area contributed by atoms with Gasteiger partial charge in [-0.15, -0.1) is 0 Å². The number of rotatable bonds is 6. The molecule has 5 rings (SSSR count). The van der Waals surface area contributed by atoms with E-state index in [2.05, 4.69) is 54.5 Å². The molecule has 34 heavy (non-hydrogen) atoms. The van der Waals surface area contributed by atoms with Gasteiger partial charge in [0.25, 0.3) is 0 Å². The molecule has 0 aromatic carbocycles. The number of hydrogen-bond acceptors (Lipinski definition) is 0. The third-order valence-corrected chi connectivity index (χ3v) is 12.6. The van der Waals surface area contributed by atoms with E-state index in [4.69, 9.17) is 0 Å². The van der Waals surface area contributed by atoms with Gasteiger partial charge >= 0.3 is 0 Å². The van der Waals surface area contributed by atoms with Gasteiger partial charge in [0.05, 0.1) is 0 Å². The molecular weight excluding hydrogens is 408 g/mol. The second-order valence-corrected chi connectivity index (χ2v) is 14.7. The number of hydrogen-bond donors (Lipinski definition) is 0. The van der Waals surface area contributed by atoms with Gasteiger partial charge in [-0.3, -0.25) is 0 Å². The molecule has 0 amide bonds. The predicted octanol–water partition coefficient (Wildman–Crippen LogP) is 10.9. The molecule has 0 saturated heterocycles. The molecule has 4 saturated carbocycles. The van der Waals surface area contributed by atoms with E-state index in [9.17, 15) is 0 Å². The van der Waals surface area contributed by atoms with E-state index in [1.54, 1.807) is 0 Å². The maximum absolute atomic E-state index is 2.76. The van der Waals surface area contributed by atoms with Crippen LogP contribution in [-0.4, -0.2) is 0 Å². The molecule has 0 nitrogen and oxygen atoms in total. The lowest BCUT2D eigenvalue weighted by atomic mass is 9.46. The van der Waals surface area contributed by atoms with Gasteiger partial charge in [-0.05, 0) is 116 Å². The largest absolute Gasteiger partial charge is 0.0845 e. The lowest BCUT2D eigenvalue weighted by molar-refractivity contribution is -0.0525. The second kappa shape index (κ2) is 11.0. The first-order chi connectivity index (χ1) is 16.2. The summed E-state index contributed by atoms with van der Waals surface area (Å²) in [6.45, 7) is 17.8. The Morgan fingerprint density at radius 2 is 1.59 bits per heavy atom. The summed E-state index contributed by atoms with van der Waals surface area (Å²) in [5.41, 5.74) is 3.05. The first kappa shape index (κ1) is 26.8. The monoisotopic (exact) mass is 468 g/mol. The summed E-state index contributed by atoms with van der Waals surface area (Å²) in [4.78, 5) is 0. The van der Waals surface area contributed by atoms with E-state index in [1.165, 1.54) is 96.3 Å². The average Bonchev–Trinajstić information content (AvgIpc) is 3.10. The van der Waals surface area contributed by atoms with Crippen molar-refractivity contribution in [3.63, 3.8) is 0 Å². The normalized spacial score (nSPS) is 42.8. The molecule has 0 heteroatoms. The highest BCUT2D eigenvalue weighted by atomic mass is 14.6. The zero-order chi connectivity index (χ0) is 24.5. The fourth-order valence-electron chi connectivity index (χ4n) is 9.76. The molecule has 0 bridgehead atoms. The van der Waals surface area contributed by atoms with Crippen LogP contribution in [0.15, 0.2) is 11.6 Å². The SMILES string of the molecule is C1CCC1.CCC(CCC(C)C1CCC2C3CC=C4CC(C)CCC4(C)C3CCC12C)C(C)C. The molecule has 0 aromatic rings. The van der Waals surface area contributed by atoms with Gasteiger partial charge in [0, 0.05) is 0 Å². The highest BCUT2D eigenvalue weighted by molar-refractivity contribution is 5.25. The highest BCUT2D eigenvalue weighted by Crippen LogP contribution is 2.67. The minimum atomic E-state index is 0.548. The lowest BCUT2D eigenvalue weighted by Gasteiger charge is -2.58. The zero-order valence-corrected chi connectivity index (χ0v) is 24.3. The van der Waals surface area contributed by atoms with Crippen LogP contribution in [0.5, 0.6) is 0 Å². The summed E-state index contributed by atoms with van der Waals surface area (Å²) in [5, 5.41) is 0. The Morgan fingerprint density at radius 1 is 0.882 bits per heavy atom. The average molecular weight is 469 g/mol. The van der Waals surface area contributed by atoms with Crippen LogP contribution in [0.1, 0.15) is 145 Å². The third-order valence-electron chi connectivity index (χ3n) is 12.6. The first-order valence-electron chi connectivity index (χ1n) is 15.9.